The van der Waals surface area contributed by atoms with E-state index in [2.05, 4.69) is 0 Å². The topological polar surface area (TPSA) is 49.3 Å². The molecule has 0 bridgehead atoms. The molecule has 0 atom stereocenters. The molecule has 0 saturated carbocycles. The summed E-state index contributed by atoms with van der Waals surface area (Å²) in [6, 6.07) is 0. The zero-order valence-electron chi connectivity index (χ0n) is 4.80. The van der Waals surface area contributed by atoms with Crippen molar-refractivity contribution in [2.75, 3.05) is 6.54 Å². The predicted molar refractivity (Wildman–Crippen MR) is 30.0 cm³/mol. The van der Waals surface area contributed by atoms with E-state index in [1.54, 1.807) is 0 Å². The molecule has 1 rings (SSSR count). The van der Waals surface area contributed by atoms with Crippen LogP contribution in [0.25, 0.3) is 0 Å². The number of nitrogens with zero attached hydrogens (tertiary/aromatic N) is 1. The molecule has 3 nitrogen and oxygen atoms in total. The quantitative estimate of drug-likeness (QED) is 0.343. The van der Waals surface area contributed by atoms with E-state index in [9.17, 15) is 0 Å². The molecule has 0 saturated heterocycles. The van der Waals surface area contributed by atoms with E-state index in [4.69, 9.17) is 10.9 Å². The molecule has 46 valence electrons. The number of amidine groups is 1. The average molecular weight is 115 g/mol. The van der Waals surface area contributed by atoms with E-state index in [1.165, 1.54) is 0 Å². The Bertz CT molecular complexity index is 106. The predicted octanol–water partition coefficient (Wildman–Crippen LogP) is -0.0708. The van der Waals surface area contributed by atoms with Gasteiger partial charge in [-0.05, 0) is 12.8 Å². The minimum absolute atomic E-state index is 0.608. The highest BCUT2D eigenvalue weighted by Crippen LogP contribution is 2.00. The zero-order valence-corrected chi connectivity index (χ0v) is 4.80. The largest absolute Gasteiger partial charge is 0.355 e. The van der Waals surface area contributed by atoms with Crippen LogP contribution in [0.3, 0.4) is 0 Å². The summed E-state index contributed by atoms with van der Waals surface area (Å²) < 4.78 is 1.13. The lowest BCUT2D eigenvalue weighted by Crippen LogP contribution is -2.30. The molecule has 0 aromatic carbocycles. The molecule has 0 radical (unpaired) electrons. The van der Waals surface area contributed by atoms with Crippen molar-refractivity contribution < 1.29 is 9.95 Å². The molecule has 0 aliphatic carbocycles. The van der Waals surface area contributed by atoms with Crippen molar-refractivity contribution in [3.8, 4) is 0 Å². The molecule has 3 N–H and O–H groups in total. The summed E-state index contributed by atoms with van der Waals surface area (Å²) in [7, 11) is 0. The normalized spacial score (nSPS) is 21.5. The number of rotatable bonds is 0. The molecule has 0 amide bonds. The van der Waals surface area contributed by atoms with Crippen LogP contribution in [-0.2, 0) is 0 Å². The van der Waals surface area contributed by atoms with Gasteiger partial charge in [-0.15, -0.1) is 0 Å². The van der Waals surface area contributed by atoms with Gasteiger partial charge in [0.05, 0.1) is 6.42 Å². The first-order chi connectivity index (χ1) is 3.80. The molecule has 0 spiro atoms. The molecule has 1 aliphatic heterocycles. The maximum atomic E-state index is 8.85. The maximum Gasteiger partial charge on any atom is 0.281 e. The van der Waals surface area contributed by atoms with Crippen LogP contribution >= 0.6 is 0 Å². The monoisotopic (exact) mass is 115 g/mol. The molecule has 8 heavy (non-hydrogen) atoms. The van der Waals surface area contributed by atoms with Crippen molar-refractivity contribution in [2.45, 2.75) is 19.3 Å². The fourth-order valence-corrected chi connectivity index (χ4v) is 0.840. The van der Waals surface area contributed by atoms with E-state index < -0.39 is 0 Å². The van der Waals surface area contributed by atoms with Crippen molar-refractivity contribution in [1.29, 1.82) is 0 Å². The van der Waals surface area contributed by atoms with E-state index in [1.807, 2.05) is 0 Å². The molecule has 0 unspecified atom stereocenters. The molecule has 1 heterocycles. The second kappa shape index (κ2) is 2.03. The van der Waals surface area contributed by atoms with Crippen molar-refractivity contribution in [3.63, 3.8) is 0 Å². The first-order valence-electron chi connectivity index (χ1n) is 2.88. The van der Waals surface area contributed by atoms with Gasteiger partial charge in [-0.1, -0.05) is 4.74 Å². The van der Waals surface area contributed by atoms with Gasteiger partial charge in [-0.25, -0.2) is 0 Å². The van der Waals surface area contributed by atoms with E-state index in [-0.39, 0.29) is 0 Å². The highest BCUT2D eigenvalue weighted by atomic mass is 16.5. The standard InChI is InChI=1S/C5H10N2O/c6-5-3-1-2-4-7(5)8/h6,8H,1-4H2/p+1. The Kier molecular flexibility index (Phi) is 1.37. The van der Waals surface area contributed by atoms with Crippen LogP contribution in [0.1, 0.15) is 19.3 Å². The third-order valence-corrected chi connectivity index (χ3v) is 1.38. The Morgan fingerprint density at radius 2 is 2.25 bits per heavy atom. The average Bonchev–Trinajstić information content (AvgIpc) is 1.77. The fourth-order valence-electron chi connectivity index (χ4n) is 0.840. The smallest absolute Gasteiger partial charge is 0.281 e. The molecule has 0 aromatic heterocycles. The number of hydrogen-bond donors (Lipinski definition) is 2. The highest BCUT2D eigenvalue weighted by Gasteiger charge is 2.11. The van der Waals surface area contributed by atoms with Crippen LogP contribution in [0.15, 0.2) is 0 Å². The summed E-state index contributed by atoms with van der Waals surface area (Å²) >= 11 is 0. The Hall–Kier alpha value is -0.730. The van der Waals surface area contributed by atoms with Crippen LogP contribution in [0.4, 0.5) is 0 Å². The SMILES string of the molecule is NC1=[N+](O)CCCC1. The van der Waals surface area contributed by atoms with Gasteiger partial charge in [0.2, 0.25) is 0 Å². The van der Waals surface area contributed by atoms with Gasteiger partial charge in [-0.3, -0.25) is 5.73 Å². The van der Waals surface area contributed by atoms with Crippen molar-refractivity contribution in [3.05, 3.63) is 0 Å². The summed E-state index contributed by atoms with van der Waals surface area (Å²) in [5.74, 6) is 0.608. The van der Waals surface area contributed by atoms with Crippen LogP contribution in [0.5, 0.6) is 0 Å². The summed E-state index contributed by atoms with van der Waals surface area (Å²) in [6.07, 6.45) is 3.01. The zero-order chi connectivity index (χ0) is 5.98. The van der Waals surface area contributed by atoms with Gasteiger partial charge in [0.15, 0.2) is 0 Å². The lowest BCUT2D eigenvalue weighted by Gasteiger charge is -2.05. The fraction of sp³-hybridized carbons (Fsp3) is 0.800. The van der Waals surface area contributed by atoms with Crippen molar-refractivity contribution in [1.82, 2.24) is 0 Å². The van der Waals surface area contributed by atoms with Gasteiger partial charge in [0.25, 0.3) is 5.84 Å². The van der Waals surface area contributed by atoms with Gasteiger partial charge in [0, 0.05) is 0 Å². The van der Waals surface area contributed by atoms with E-state index in [0.29, 0.717) is 12.4 Å². The molecular weight excluding hydrogens is 104 g/mol. The summed E-state index contributed by atoms with van der Waals surface area (Å²) in [6.45, 7) is 0.700. The number of hydroxylamine groups is 1. The van der Waals surface area contributed by atoms with Gasteiger partial charge in [0.1, 0.15) is 6.54 Å². The second-order valence-corrected chi connectivity index (χ2v) is 2.07. The second-order valence-electron chi connectivity index (χ2n) is 2.07. The lowest BCUT2D eigenvalue weighted by atomic mass is 10.2. The first kappa shape index (κ1) is 5.41. The molecule has 1 aliphatic rings. The summed E-state index contributed by atoms with van der Waals surface area (Å²) in [4.78, 5) is 0. The third-order valence-electron chi connectivity index (χ3n) is 1.38. The lowest BCUT2D eigenvalue weighted by molar-refractivity contribution is -0.778. The van der Waals surface area contributed by atoms with Crippen LogP contribution in [0.2, 0.25) is 0 Å². The summed E-state index contributed by atoms with van der Waals surface area (Å²) in [5, 5.41) is 8.85. The van der Waals surface area contributed by atoms with Gasteiger partial charge < -0.3 is 5.21 Å². The molecule has 0 fully saturated rings. The van der Waals surface area contributed by atoms with Crippen molar-refractivity contribution in [2.24, 2.45) is 5.73 Å². The Labute approximate surface area is 48.4 Å². The maximum absolute atomic E-state index is 8.85. The Morgan fingerprint density at radius 3 is 2.62 bits per heavy atom. The van der Waals surface area contributed by atoms with Gasteiger partial charge in [-0.2, -0.15) is 0 Å². The van der Waals surface area contributed by atoms with Crippen LogP contribution in [-0.4, -0.2) is 22.3 Å². The molecular formula is C5H11N2O+. The van der Waals surface area contributed by atoms with Crippen molar-refractivity contribution >= 4 is 5.84 Å². The van der Waals surface area contributed by atoms with Gasteiger partial charge >= 0.3 is 0 Å². The minimum atomic E-state index is 0.608. The Balaban J connectivity index is 2.60. The highest BCUT2D eigenvalue weighted by molar-refractivity contribution is 5.75. The third kappa shape index (κ3) is 0.911. The summed E-state index contributed by atoms with van der Waals surface area (Å²) in [5.41, 5.74) is 5.37. The van der Waals surface area contributed by atoms with Crippen LogP contribution in [0, 0.1) is 0 Å². The first-order valence-corrected chi connectivity index (χ1v) is 2.88. The Morgan fingerprint density at radius 1 is 1.50 bits per heavy atom. The molecule has 0 aromatic rings. The van der Waals surface area contributed by atoms with E-state index in [0.717, 1.165) is 24.0 Å². The van der Waals surface area contributed by atoms with Crippen LogP contribution < -0.4 is 5.73 Å². The number of hydrogen-bond acceptors (Lipinski definition) is 2. The number of nitrogens with two attached hydrogens (primary N) is 1. The van der Waals surface area contributed by atoms with E-state index >= 15 is 0 Å². The molecule has 3 heteroatoms. The minimum Gasteiger partial charge on any atom is -0.355 e.